The van der Waals surface area contributed by atoms with Crippen molar-refractivity contribution < 1.29 is 0 Å². The van der Waals surface area contributed by atoms with E-state index in [0.29, 0.717) is 6.04 Å². The second-order valence-electron chi connectivity index (χ2n) is 5.13. The Morgan fingerprint density at radius 1 is 1.37 bits per heavy atom. The van der Waals surface area contributed by atoms with Gasteiger partial charge in [-0.3, -0.25) is 0 Å². The van der Waals surface area contributed by atoms with Crippen molar-refractivity contribution >= 4 is 11.8 Å². The van der Waals surface area contributed by atoms with Gasteiger partial charge in [-0.1, -0.05) is 19.9 Å². The Kier molecular flexibility index (Phi) is 6.93. The summed E-state index contributed by atoms with van der Waals surface area (Å²) in [7, 11) is 4.12. The van der Waals surface area contributed by atoms with Gasteiger partial charge in [-0.2, -0.15) is 5.26 Å². The smallest absolute Gasteiger partial charge is 0.100 e. The average molecular weight is 277 g/mol. The van der Waals surface area contributed by atoms with E-state index in [-0.39, 0.29) is 0 Å². The number of hydrogen-bond donors (Lipinski definition) is 1. The minimum Gasteiger partial charge on any atom is -0.310 e. The molecular formula is C15H23N3S. The lowest BCUT2D eigenvalue weighted by Crippen LogP contribution is -2.21. The van der Waals surface area contributed by atoms with Crippen molar-refractivity contribution in [1.29, 1.82) is 5.26 Å². The first-order valence-electron chi connectivity index (χ1n) is 6.57. The van der Waals surface area contributed by atoms with E-state index in [0.717, 1.165) is 29.3 Å². The molecule has 0 aliphatic carbocycles. The molecule has 0 amide bonds. The van der Waals surface area contributed by atoms with E-state index in [1.54, 1.807) is 11.8 Å². The predicted molar refractivity (Wildman–Crippen MR) is 82.4 cm³/mol. The third-order valence-corrected chi connectivity index (χ3v) is 3.73. The molecule has 1 aromatic carbocycles. The van der Waals surface area contributed by atoms with Crippen LogP contribution >= 0.6 is 11.8 Å². The van der Waals surface area contributed by atoms with E-state index in [4.69, 9.17) is 0 Å². The highest BCUT2D eigenvalue weighted by molar-refractivity contribution is 7.99. The summed E-state index contributed by atoms with van der Waals surface area (Å²) in [5, 5.41) is 12.6. The van der Waals surface area contributed by atoms with Gasteiger partial charge < -0.3 is 10.2 Å². The Morgan fingerprint density at radius 3 is 2.68 bits per heavy atom. The van der Waals surface area contributed by atoms with Gasteiger partial charge in [-0.15, -0.1) is 11.8 Å². The third kappa shape index (κ3) is 6.11. The van der Waals surface area contributed by atoms with Crippen LogP contribution in [0.15, 0.2) is 23.1 Å². The second kappa shape index (κ2) is 8.21. The monoisotopic (exact) mass is 277 g/mol. The Morgan fingerprint density at radius 2 is 2.11 bits per heavy atom. The molecule has 0 spiro atoms. The molecule has 0 unspecified atom stereocenters. The molecule has 104 valence electrons. The van der Waals surface area contributed by atoms with Crippen LogP contribution in [0.4, 0.5) is 0 Å². The van der Waals surface area contributed by atoms with Crippen molar-refractivity contribution in [2.45, 2.75) is 31.3 Å². The summed E-state index contributed by atoms with van der Waals surface area (Å²) in [6, 6.07) is 8.92. The predicted octanol–water partition coefficient (Wildman–Crippen LogP) is 2.71. The molecule has 0 saturated heterocycles. The van der Waals surface area contributed by atoms with Crippen molar-refractivity contribution in [1.82, 2.24) is 10.2 Å². The second-order valence-corrected chi connectivity index (χ2v) is 6.27. The molecule has 0 atom stereocenters. The number of hydrogen-bond acceptors (Lipinski definition) is 4. The zero-order chi connectivity index (χ0) is 14.3. The van der Waals surface area contributed by atoms with Crippen LogP contribution < -0.4 is 5.32 Å². The number of benzene rings is 1. The van der Waals surface area contributed by atoms with Crippen molar-refractivity contribution in [2.75, 3.05) is 26.4 Å². The summed E-state index contributed by atoms with van der Waals surface area (Å²) in [4.78, 5) is 3.23. The van der Waals surface area contributed by atoms with E-state index in [1.807, 2.05) is 6.07 Å². The van der Waals surface area contributed by atoms with Crippen LogP contribution in [0.3, 0.4) is 0 Å². The largest absolute Gasteiger partial charge is 0.310 e. The van der Waals surface area contributed by atoms with Crippen LogP contribution in [-0.2, 0) is 6.54 Å². The zero-order valence-corrected chi connectivity index (χ0v) is 13.0. The van der Waals surface area contributed by atoms with Crippen LogP contribution in [0.5, 0.6) is 0 Å². The summed E-state index contributed by atoms with van der Waals surface area (Å²) >= 11 is 1.75. The van der Waals surface area contributed by atoms with Crippen molar-refractivity contribution in [2.24, 2.45) is 0 Å². The highest BCUT2D eigenvalue weighted by Gasteiger charge is 2.05. The van der Waals surface area contributed by atoms with Gasteiger partial charge in [-0.25, -0.2) is 0 Å². The van der Waals surface area contributed by atoms with Gasteiger partial charge in [0.25, 0.3) is 0 Å². The molecule has 0 aliphatic heterocycles. The average Bonchev–Trinajstić information content (AvgIpc) is 2.36. The minimum absolute atomic E-state index is 0.458. The van der Waals surface area contributed by atoms with Gasteiger partial charge in [0.2, 0.25) is 0 Å². The lowest BCUT2D eigenvalue weighted by Gasteiger charge is -2.11. The summed E-state index contributed by atoms with van der Waals surface area (Å²) in [6.07, 6.45) is 0. The van der Waals surface area contributed by atoms with Crippen LogP contribution in [0, 0.1) is 11.3 Å². The highest BCUT2D eigenvalue weighted by atomic mass is 32.2. The number of rotatable bonds is 7. The topological polar surface area (TPSA) is 39.1 Å². The first-order valence-corrected chi connectivity index (χ1v) is 7.55. The minimum atomic E-state index is 0.458. The summed E-state index contributed by atoms with van der Waals surface area (Å²) < 4.78 is 0. The molecule has 0 aromatic heterocycles. The summed E-state index contributed by atoms with van der Waals surface area (Å²) in [6.45, 7) is 6.08. The van der Waals surface area contributed by atoms with Crippen LogP contribution in [-0.4, -0.2) is 37.3 Å². The Labute approximate surface area is 121 Å². The van der Waals surface area contributed by atoms with Gasteiger partial charge in [-0.05, 0) is 31.8 Å². The molecule has 0 fully saturated rings. The lowest BCUT2D eigenvalue weighted by molar-refractivity contribution is 0.437. The molecular weight excluding hydrogens is 254 g/mol. The maximum atomic E-state index is 9.23. The van der Waals surface area contributed by atoms with E-state index >= 15 is 0 Å². The standard InChI is InChI=1S/C15H23N3S/c1-12(2)17-11-13-5-6-15(14(9-13)10-16)19-8-7-18(3)4/h5-6,9,12,17H,7-8,11H2,1-4H3. The van der Waals surface area contributed by atoms with Crippen molar-refractivity contribution in [3.63, 3.8) is 0 Å². The quantitative estimate of drug-likeness (QED) is 0.778. The fourth-order valence-corrected chi connectivity index (χ4v) is 2.66. The molecule has 0 heterocycles. The Balaban J connectivity index is 2.65. The van der Waals surface area contributed by atoms with E-state index < -0.39 is 0 Å². The number of nitrogens with one attached hydrogen (secondary N) is 1. The van der Waals surface area contributed by atoms with Gasteiger partial charge in [0.1, 0.15) is 6.07 Å². The highest BCUT2D eigenvalue weighted by Crippen LogP contribution is 2.23. The van der Waals surface area contributed by atoms with E-state index in [9.17, 15) is 5.26 Å². The van der Waals surface area contributed by atoms with Crippen LogP contribution in [0.25, 0.3) is 0 Å². The van der Waals surface area contributed by atoms with Crippen molar-refractivity contribution in [3.05, 3.63) is 29.3 Å². The Bertz CT molecular complexity index is 436. The molecule has 1 rings (SSSR count). The van der Waals surface area contributed by atoms with Gasteiger partial charge >= 0.3 is 0 Å². The van der Waals surface area contributed by atoms with Gasteiger partial charge in [0.15, 0.2) is 0 Å². The normalized spacial score (nSPS) is 11.0. The SMILES string of the molecule is CC(C)NCc1ccc(SCCN(C)C)c(C#N)c1. The Hall–Kier alpha value is -1.02. The fraction of sp³-hybridized carbons (Fsp3) is 0.533. The molecule has 1 N–H and O–H groups in total. The molecule has 3 nitrogen and oxygen atoms in total. The lowest BCUT2D eigenvalue weighted by atomic mass is 10.1. The molecule has 19 heavy (non-hydrogen) atoms. The first-order chi connectivity index (χ1) is 9.02. The van der Waals surface area contributed by atoms with E-state index in [2.05, 4.69) is 56.4 Å². The first kappa shape index (κ1) is 16.0. The van der Waals surface area contributed by atoms with Gasteiger partial charge in [0, 0.05) is 29.8 Å². The van der Waals surface area contributed by atoms with Gasteiger partial charge in [0.05, 0.1) is 5.56 Å². The zero-order valence-electron chi connectivity index (χ0n) is 12.2. The fourth-order valence-electron chi connectivity index (χ4n) is 1.56. The van der Waals surface area contributed by atoms with Crippen LogP contribution in [0.1, 0.15) is 25.0 Å². The third-order valence-electron chi connectivity index (χ3n) is 2.67. The number of nitriles is 1. The maximum Gasteiger partial charge on any atom is 0.100 e. The molecule has 1 aromatic rings. The molecule has 0 radical (unpaired) electrons. The van der Waals surface area contributed by atoms with E-state index in [1.165, 1.54) is 5.56 Å². The number of thioether (sulfide) groups is 1. The van der Waals surface area contributed by atoms with Crippen molar-refractivity contribution in [3.8, 4) is 6.07 Å². The molecule has 4 heteroatoms. The molecule has 0 bridgehead atoms. The summed E-state index contributed by atoms with van der Waals surface area (Å²) in [5.74, 6) is 1.01. The van der Waals surface area contributed by atoms with Crippen LogP contribution in [0.2, 0.25) is 0 Å². The summed E-state index contributed by atoms with van der Waals surface area (Å²) in [5.41, 5.74) is 1.95. The molecule has 0 aliphatic rings. The molecule has 0 saturated carbocycles. The maximum absolute atomic E-state index is 9.23. The number of nitrogens with zero attached hydrogens (tertiary/aromatic N) is 2.